The van der Waals surface area contributed by atoms with Crippen LogP contribution < -0.4 is 4.72 Å². The average molecular weight is 430 g/mol. The van der Waals surface area contributed by atoms with Crippen LogP contribution in [-0.4, -0.2) is 44.8 Å². The summed E-state index contributed by atoms with van der Waals surface area (Å²) in [5, 5.41) is 7.93. The third-order valence-corrected chi connectivity index (χ3v) is 5.24. The van der Waals surface area contributed by atoms with Gasteiger partial charge < -0.3 is 4.98 Å². The van der Waals surface area contributed by atoms with E-state index in [9.17, 15) is 8.42 Å². The number of pyridine rings is 2. The van der Waals surface area contributed by atoms with Crippen LogP contribution in [0.25, 0.3) is 49.6 Å². The Morgan fingerprint density at radius 1 is 1.13 bits per heavy atom. The number of sulfonamides is 1. The van der Waals surface area contributed by atoms with Crippen molar-refractivity contribution in [3.8, 4) is 22.6 Å². The van der Waals surface area contributed by atoms with Gasteiger partial charge in [0.1, 0.15) is 5.69 Å². The van der Waals surface area contributed by atoms with Gasteiger partial charge in [0.05, 0.1) is 41.1 Å². The number of hydrogen-bond acceptors (Lipinski definition) is 6. The Kier molecular flexibility index (Phi) is 4.16. The highest BCUT2D eigenvalue weighted by atomic mass is 32.2. The van der Waals surface area contributed by atoms with Crippen molar-refractivity contribution in [3.05, 3.63) is 60.3 Å². The van der Waals surface area contributed by atoms with Gasteiger partial charge in [0.25, 0.3) is 0 Å². The number of hydrogen-bond donors (Lipinski definition) is 3. The molecule has 4 aromatic heterocycles. The van der Waals surface area contributed by atoms with Crippen molar-refractivity contribution in [2.24, 2.45) is 0 Å². The van der Waals surface area contributed by atoms with Gasteiger partial charge in [-0.25, -0.2) is 23.2 Å². The van der Waals surface area contributed by atoms with Crippen LogP contribution in [0.4, 0.5) is 11.4 Å². The Morgan fingerprint density at radius 3 is 2.77 bits per heavy atom. The second kappa shape index (κ2) is 6.89. The molecule has 152 valence electrons. The van der Waals surface area contributed by atoms with Crippen LogP contribution in [0.15, 0.2) is 48.9 Å². The number of imidazole rings is 1. The van der Waals surface area contributed by atoms with E-state index < -0.39 is 10.0 Å². The topological polar surface area (TPSA) is 134 Å². The zero-order valence-corrected chi connectivity index (χ0v) is 16.9. The Bertz CT molecular complexity index is 1610. The first-order valence-electron chi connectivity index (χ1n) is 9.05. The summed E-state index contributed by atoms with van der Waals surface area (Å²) < 4.78 is 25.5. The number of H-pyrrole nitrogens is 2. The van der Waals surface area contributed by atoms with Crippen molar-refractivity contribution in [3.63, 3.8) is 0 Å². The van der Waals surface area contributed by atoms with E-state index in [0.717, 1.165) is 22.7 Å². The van der Waals surface area contributed by atoms with Crippen LogP contribution in [0.1, 0.15) is 0 Å². The predicted molar refractivity (Wildman–Crippen MR) is 117 cm³/mol. The zero-order valence-electron chi connectivity index (χ0n) is 16.1. The minimum absolute atomic E-state index is 0.358. The number of rotatable bonds is 4. The van der Waals surface area contributed by atoms with E-state index in [1.807, 2.05) is 12.1 Å². The lowest BCUT2D eigenvalue weighted by atomic mass is 10.1. The van der Waals surface area contributed by atoms with Gasteiger partial charge in [-0.1, -0.05) is 12.1 Å². The van der Waals surface area contributed by atoms with Crippen molar-refractivity contribution < 1.29 is 8.42 Å². The van der Waals surface area contributed by atoms with Gasteiger partial charge in [-0.05, 0) is 18.2 Å². The number of fused-ring (bicyclic) bond motifs is 2. The Labute approximate surface area is 176 Å². The van der Waals surface area contributed by atoms with Crippen LogP contribution in [0.2, 0.25) is 0 Å². The minimum Gasteiger partial charge on any atom is -0.338 e. The number of para-hydroxylation sites is 1. The lowest BCUT2D eigenvalue weighted by molar-refractivity contribution is 0.607. The summed E-state index contributed by atoms with van der Waals surface area (Å²) in [6.07, 6.45) is 5.78. The quantitative estimate of drug-likeness (QED) is 0.374. The molecular formula is C20H14N8O2S. The predicted octanol–water partition coefficient (Wildman–Crippen LogP) is 3.49. The van der Waals surface area contributed by atoms with Gasteiger partial charge in [-0.15, -0.1) is 0 Å². The lowest BCUT2D eigenvalue weighted by Gasteiger charge is -2.06. The van der Waals surface area contributed by atoms with Crippen LogP contribution in [0.3, 0.4) is 0 Å². The van der Waals surface area contributed by atoms with Gasteiger partial charge in [0.2, 0.25) is 15.7 Å². The van der Waals surface area contributed by atoms with Gasteiger partial charge in [0, 0.05) is 23.5 Å². The van der Waals surface area contributed by atoms with E-state index in [4.69, 9.17) is 6.57 Å². The molecule has 5 aromatic rings. The number of benzene rings is 1. The highest BCUT2D eigenvalue weighted by molar-refractivity contribution is 7.92. The van der Waals surface area contributed by atoms with Crippen LogP contribution >= 0.6 is 0 Å². The average Bonchev–Trinajstić information content (AvgIpc) is 3.35. The summed E-state index contributed by atoms with van der Waals surface area (Å²) >= 11 is 0. The van der Waals surface area contributed by atoms with Crippen molar-refractivity contribution >= 4 is 43.5 Å². The van der Waals surface area contributed by atoms with E-state index >= 15 is 0 Å². The van der Waals surface area contributed by atoms with Crippen molar-refractivity contribution in [2.45, 2.75) is 0 Å². The summed E-state index contributed by atoms with van der Waals surface area (Å²) in [5.74, 6) is 0.540. The summed E-state index contributed by atoms with van der Waals surface area (Å²) in [7, 11) is -3.42. The molecule has 0 aliphatic rings. The van der Waals surface area contributed by atoms with Crippen LogP contribution in [-0.2, 0) is 10.0 Å². The van der Waals surface area contributed by atoms with E-state index in [1.165, 1.54) is 6.20 Å². The Balaban J connectivity index is 1.62. The molecule has 0 atom stereocenters. The summed E-state index contributed by atoms with van der Waals surface area (Å²) in [4.78, 5) is 19.8. The molecule has 0 amide bonds. The maximum atomic E-state index is 11.5. The molecule has 0 saturated carbocycles. The summed E-state index contributed by atoms with van der Waals surface area (Å²) in [6.45, 7) is 7.33. The van der Waals surface area contributed by atoms with E-state index in [0.29, 0.717) is 39.6 Å². The molecule has 0 aliphatic heterocycles. The number of nitrogens with zero attached hydrogens (tertiary/aromatic N) is 5. The van der Waals surface area contributed by atoms with E-state index in [1.54, 1.807) is 30.6 Å². The third-order valence-electron chi connectivity index (χ3n) is 4.63. The van der Waals surface area contributed by atoms with Crippen LogP contribution in [0, 0.1) is 6.57 Å². The number of anilines is 1. The maximum absolute atomic E-state index is 11.5. The molecule has 5 rings (SSSR count). The molecule has 3 N–H and O–H groups in total. The number of aromatic amines is 2. The van der Waals surface area contributed by atoms with Gasteiger partial charge in [-0.3, -0.25) is 14.8 Å². The fourth-order valence-electron chi connectivity index (χ4n) is 3.33. The lowest BCUT2D eigenvalue weighted by Crippen LogP contribution is -2.09. The molecular weight excluding hydrogens is 416 g/mol. The van der Waals surface area contributed by atoms with Gasteiger partial charge in [0.15, 0.2) is 11.5 Å². The fraction of sp³-hybridized carbons (Fsp3) is 0.0500. The van der Waals surface area contributed by atoms with E-state index in [-0.39, 0.29) is 0 Å². The largest absolute Gasteiger partial charge is 0.338 e. The molecule has 31 heavy (non-hydrogen) atoms. The molecule has 10 nitrogen and oxygen atoms in total. The highest BCUT2D eigenvalue weighted by Crippen LogP contribution is 2.31. The maximum Gasteiger partial charge on any atom is 0.229 e. The molecule has 4 heterocycles. The van der Waals surface area contributed by atoms with Crippen molar-refractivity contribution in [1.82, 2.24) is 30.1 Å². The molecule has 0 spiro atoms. The molecule has 0 radical (unpaired) electrons. The van der Waals surface area contributed by atoms with Crippen molar-refractivity contribution in [2.75, 3.05) is 11.0 Å². The molecule has 0 unspecified atom stereocenters. The van der Waals surface area contributed by atoms with Gasteiger partial charge >= 0.3 is 0 Å². The molecule has 0 aliphatic carbocycles. The fourth-order valence-corrected chi connectivity index (χ4v) is 3.87. The normalized spacial score (nSPS) is 11.6. The highest BCUT2D eigenvalue weighted by Gasteiger charge is 2.15. The van der Waals surface area contributed by atoms with E-state index in [2.05, 4.69) is 39.7 Å². The smallest absolute Gasteiger partial charge is 0.229 e. The SMILES string of the molecule is [C-]#[N+]c1cccc2[nH]c(-c3[nH]nc4ncc(-c5cncc(NS(C)(=O)=O)c5)cc34)nc12. The number of nitrogens with one attached hydrogen (secondary N) is 3. The Morgan fingerprint density at radius 2 is 1.97 bits per heavy atom. The molecule has 0 saturated heterocycles. The monoisotopic (exact) mass is 430 g/mol. The first kappa shape index (κ1) is 18.7. The molecule has 0 bridgehead atoms. The summed E-state index contributed by atoms with van der Waals surface area (Å²) in [6, 6.07) is 8.93. The Hall–Kier alpha value is -4.30. The number of aromatic nitrogens is 6. The standard InChI is InChI=1S/C20H14N8O2S/c1-21-15-4-3-5-16-18(15)25-20(24-16)17-14-7-12(9-23-19(14)27-26-17)11-6-13(10-22-8-11)28-31(2,29)30/h3-10,28H,2H3,(H,24,25)(H,23,26,27). The van der Waals surface area contributed by atoms with Gasteiger partial charge in [-0.2, -0.15) is 5.10 Å². The molecule has 0 fully saturated rings. The molecule has 11 heteroatoms. The first-order chi connectivity index (χ1) is 14.9. The minimum atomic E-state index is -3.42. The van der Waals surface area contributed by atoms with Crippen molar-refractivity contribution in [1.29, 1.82) is 0 Å². The second-order valence-corrected chi connectivity index (χ2v) is 8.65. The molecule has 1 aromatic carbocycles. The zero-order chi connectivity index (χ0) is 21.6. The third kappa shape index (κ3) is 3.45. The summed E-state index contributed by atoms with van der Waals surface area (Å²) in [5.41, 5.74) is 4.72. The second-order valence-electron chi connectivity index (χ2n) is 6.90. The first-order valence-corrected chi connectivity index (χ1v) is 10.9. The van der Waals surface area contributed by atoms with Crippen LogP contribution in [0.5, 0.6) is 0 Å².